The molecule has 3 aromatic rings. The fourth-order valence-corrected chi connectivity index (χ4v) is 2.67. The van der Waals surface area contributed by atoms with Crippen LogP contribution in [0.2, 0.25) is 0 Å². The van der Waals surface area contributed by atoms with Crippen LogP contribution in [0.3, 0.4) is 0 Å². The summed E-state index contributed by atoms with van der Waals surface area (Å²) in [5, 5.41) is 0. The highest BCUT2D eigenvalue weighted by Gasteiger charge is 2.13. The number of esters is 1. The van der Waals surface area contributed by atoms with Crippen LogP contribution in [0, 0.1) is 0 Å². The molecule has 0 unspecified atom stereocenters. The molecule has 0 spiro atoms. The lowest BCUT2D eigenvalue weighted by Crippen LogP contribution is -2.01. The number of aliphatic imine (C=N–C) groups is 1. The van der Waals surface area contributed by atoms with E-state index in [2.05, 4.69) is 21.5 Å². The zero-order chi connectivity index (χ0) is 17.6. The first kappa shape index (κ1) is 16.9. The van der Waals surface area contributed by atoms with Crippen molar-refractivity contribution in [1.29, 1.82) is 0 Å². The Morgan fingerprint density at radius 2 is 2.04 bits per heavy atom. The van der Waals surface area contributed by atoms with Gasteiger partial charge >= 0.3 is 5.97 Å². The first-order valence-corrected chi connectivity index (χ1v) is 8.40. The third kappa shape index (κ3) is 3.76. The van der Waals surface area contributed by atoms with Crippen LogP contribution in [0.5, 0.6) is 0 Å². The zero-order valence-corrected chi connectivity index (χ0v) is 14.5. The molecule has 0 atom stereocenters. The van der Waals surface area contributed by atoms with Gasteiger partial charge < -0.3 is 9.30 Å². The van der Waals surface area contributed by atoms with Gasteiger partial charge in [0.05, 0.1) is 23.7 Å². The molecule has 0 bridgehead atoms. The SMILES string of the molecule is CCCCn1c(/N=C/c2ccccc2)nc2cc(C(=O)OC)ccc21. The van der Waals surface area contributed by atoms with Gasteiger partial charge in [0.25, 0.3) is 0 Å². The maximum absolute atomic E-state index is 11.7. The molecule has 5 nitrogen and oxygen atoms in total. The summed E-state index contributed by atoms with van der Waals surface area (Å²) >= 11 is 0. The molecule has 2 aromatic carbocycles. The van der Waals surface area contributed by atoms with Crippen LogP contribution in [-0.4, -0.2) is 28.8 Å². The number of nitrogens with zero attached hydrogens (tertiary/aromatic N) is 3. The van der Waals surface area contributed by atoms with Gasteiger partial charge in [0.1, 0.15) is 0 Å². The number of unbranched alkanes of at least 4 members (excludes halogenated alkanes) is 1. The number of hydrogen-bond donors (Lipinski definition) is 0. The average molecular weight is 335 g/mol. The van der Waals surface area contributed by atoms with Crippen molar-refractivity contribution in [3.8, 4) is 0 Å². The van der Waals surface area contributed by atoms with E-state index in [0.717, 1.165) is 36.0 Å². The van der Waals surface area contributed by atoms with Crippen LogP contribution in [0.1, 0.15) is 35.7 Å². The molecule has 0 saturated heterocycles. The van der Waals surface area contributed by atoms with Crippen molar-refractivity contribution in [2.45, 2.75) is 26.3 Å². The van der Waals surface area contributed by atoms with Crippen molar-refractivity contribution in [2.75, 3.05) is 7.11 Å². The predicted molar refractivity (Wildman–Crippen MR) is 99.7 cm³/mol. The van der Waals surface area contributed by atoms with Crippen LogP contribution in [0.4, 0.5) is 5.95 Å². The molecular weight excluding hydrogens is 314 g/mol. The molecule has 0 saturated carbocycles. The summed E-state index contributed by atoms with van der Waals surface area (Å²) in [7, 11) is 1.38. The van der Waals surface area contributed by atoms with E-state index in [-0.39, 0.29) is 5.97 Å². The van der Waals surface area contributed by atoms with Crippen LogP contribution < -0.4 is 0 Å². The van der Waals surface area contributed by atoms with Gasteiger partial charge in [0.15, 0.2) is 0 Å². The lowest BCUT2D eigenvalue weighted by atomic mass is 10.2. The van der Waals surface area contributed by atoms with Crippen molar-refractivity contribution in [2.24, 2.45) is 4.99 Å². The minimum Gasteiger partial charge on any atom is -0.465 e. The molecule has 0 aliphatic heterocycles. The van der Waals surface area contributed by atoms with E-state index in [9.17, 15) is 4.79 Å². The summed E-state index contributed by atoms with van der Waals surface area (Å²) < 4.78 is 6.89. The molecule has 1 heterocycles. The van der Waals surface area contributed by atoms with Crippen molar-refractivity contribution < 1.29 is 9.53 Å². The third-order valence-electron chi connectivity index (χ3n) is 4.01. The Balaban J connectivity index is 2.02. The summed E-state index contributed by atoms with van der Waals surface area (Å²) in [6.07, 6.45) is 3.94. The van der Waals surface area contributed by atoms with E-state index in [1.165, 1.54) is 7.11 Å². The molecule has 5 heteroatoms. The second-order valence-corrected chi connectivity index (χ2v) is 5.78. The zero-order valence-electron chi connectivity index (χ0n) is 14.5. The summed E-state index contributed by atoms with van der Waals surface area (Å²) in [5.41, 5.74) is 3.24. The highest BCUT2D eigenvalue weighted by molar-refractivity contribution is 5.94. The van der Waals surface area contributed by atoms with Gasteiger partial charge in [0, 0.05) is 12.8 Å². The number of imidazole rings is 1. The van der Waals surface area contributed by atoms with E-state index in [4.69, 9.17) is 4.74 Å². The number of methoxy groups -OCH3 is 1. The van der Waals surface area contributed by atoms with Crippen LogP contribution in [0.25, 0.3) is 11.0 Å². The lowest BCUT2D eigenvalue weighted by molar-refractivity contribution is 0.0601. The number of benzene rings is 2. The molecule has 1 aromatic heterocycles. The highest BCUT2D eigenvalue weighted by atomic mass is 16.5. The Hall–Kier alpha value is -2.95. The smallest absolute Gasteiger partial charge is 0.337 e. The molecule has 0 N–H and O–H groups in total. The summed E-state index contributed by atoms with van der Waals surface area (Å²) in [4.78, 5) is 20.9. The standard InChI is InChI=1S/C20H21N3O2/c1-3-4-12-23-18-11-10-16(19(24)25-2)13-17(18)22-20(23)21-14-15-8-6-5-7-9-15/h5-11,13-14H,3-4,12H2,1-2H3/b21-14+. The molecule has 0 fully saturated rings. The first-order chi connectivity index (χ1) is 12.2. The van der Waals surface area contributed by atoms with Gasteiger partial charge in [-0.1, -0.05) is 43.7 Å². The number of rotatable bonds is 6. The normalized spacial score (nSPS) is 11.3. The highest BCUT2D eigenvalue weighted by Crippen LogP contribution is 2.24. The summed E-state index contributed by atoms with van der Waals surface area (Å²) in [6.45, 7) is 2.99. The minimum absolute atomic E-state index is 0.362. The van der Waals surface area contributed by atoms with Crippen molar-refractivity contribution >= 4 is 29.2 Å². The quantitative estimate of drug-likeness (QED) is 0.496. The number of aromatic nitrogens is 2. The van der Waals surface area contributed by atoms with E-state index >= 15 is 0 Å². The number of ether oxygens (including phenoxy) is 1. The van der Waals surface area contributed by atoms with Crippen molar-refractivity contribution in [3.63, 3.8) is 0 Å². The van der Waals surface area contributed by atoms with Gasteiger partial charge in [0.2, 0.25) is 5.95 Å². The Kier molecular flexibility index (Phi) is 5.23. The van der Waals surface area contributed by atoms with E-state index in [1.54, 1.807) is 12.1 Å². The minimum atomic E-state index is -0.362. The fraction of sp³-hybridized carbons (Fsp3) is 0.250. The number of aryl methyl sites for hydroxylation is 1. The van der Waals surface area contributed by atoms with Crippen LogP contribution in [0.15, 0.2) is 53.5 Å². The maximum atomic E-state index is 11.7. The van der Waals surface area contributed by atoms with Crippen LogP contribution in [-0.2, 0) is 11.3 Å². The molecule has 0 aliphatic rings. The van der Waals surface area contributed by atoms with Crippen molar-refractivity contribution in [3.05, 3.63) is 59.7 Å². The van der Waals surface area contributed by atoms with Crippen LogP contribution >= 0.6 is 0 Å². The van der Waals surface area contributed by atoms with Gasteiger partial charge in [-0.05, 0) is 30.2 Å². The van der Waals surface area contributed by atoms with Gasteiger partial charge in [-0.3, -0.25) is 0 Å². The van der Waals surface area contributed by atoms with E-state index in [1.807, 2.05) is 42.6 Å². The Bertz CT molecular complexity index is 898. The third-order valence-corrected chi connectivity index (χ3v) is 4.01. The summed E-state index contributed by atoms with van der Waals surface area (Å²) in [5.74, 6) is 0.286. The molecule has 128 valence electrons. The van der Waals surface area contributed by atoms with Crippen molar-refractivity contribution in [1.82, 2.24) is 9.55 Å². The molecule has 25 heavy (non-hydrogen) atoms. The van der Waals surface area contributed by atoms with Gasteiger partial charge in [-0.25, -0.2) is 14.8 Å². The fourth-order valence-electron chi connectivity index (χ4n) is 2.67. The summed E-state index contributed by atoms with van der Waals surface area (Å²) in [6, 6.07) is 15.4. The largest absolute Gasteiger partial charge is 0.465 e. The molecule has 0 radical (unpaired) electrons. The Morgan fingerprint density at radius 3 is 2.76 bits per heavy atom. The second kappa shape index (κ2) is 7.75. The van der Waals surface area contributed by atoms with Gasteiger partial charge in [-0.15, -0.1) is 0 Å². The van der Waals surface area contributed by atoms with Gasteiger partial charge in [-0.2, -0.15) is 0 Å². The second-order valence-electron chi connectivity index (χ2n) is 5.78. The monoisotopic (exact) mass is 335 g/mol. The predicted octanol–water partition coefficient (Wildman–Crippen LogP) is 4.37. The molecule has 0 aliphatic carbocycles. The number of fused-ring (bicyclic) bond motifs is 1. The van der Waals surface area contributed by atoms with E-state index in [0.29, 0.717) is 11.5 Å². The number of carbonyl (C=O) groups excluding carboxylic acids is 1. The van der Waals surface area contributed by atoms with E-state index < -0.39 is 0 Å². The Morgan fingerprint density at radius 1 is 1.24 bits per heavy atom. The Labute approximate surface area is 147 Å². The molecule has 3 rings (SSSR count). The average Bonchev–Trinajstić information content (AvgIpc) is 3.01. The topological polar surface area (TPSA) is 56.5 Å². The number of hydrogen-bond acceptors (Lipinski definition) is 4. The molecular formula is C20H21N3O2. The lowest BCUT2D eigenvalue weighted by Gasteiger charge is -2.05. The number of carbonyl (C=O) groups is 1. The first-order valence-electron chi connectivity index (χ1n) is 8.40. The molecule has 0 amide bonds. The maximum Gasteiger partial charge on any atom is 0.337 e.